The summed E-state index contributed by atoms with van der Waals surface area (Å²) in [5, 5.41) is 0.870. The molecular weight excluding hydrogens is 472 g/mol. The molecule has 4 aromatic rings. The largest absolute Gasteiger partial charge is 0.377 e. The fourth-order valence-corrected chi connectivity index (χ4v) is 6.92. The topological polar surface area (TPSA) is 105 Å². The molecule has 3 heterocycles. The van der Waals surface area contributed by atoms with Crippen LogP contribution in [0.2, 0.25) is 0 Å². The number of pyridine rings is 1. The number of nitrogens with one attached hydrogen (secondary N) is 1. The van der Waals surface area contributed by atoms with Gasteiger partial charge in [-0.2, -0.15) is 13.1 Å². The van der Waals surface area contributed by atoms with Crippen LogP contribution in [-0.4, -0.2) is 45.7 Å². The van der Waals surface area contributed by atoms with Gasteiger partial charge in [-0.25, -0.2) is 8.42 Å². The van der Waals surface area contributed by atoms with Gasteiger partial charge < -0.3 is 9.72 Å². The van der Waals surface area contributed by atoms with Crippen LogP contribution < -0.4 is 5.56 Å². The molecule has 0 saturated carbocycles. The number of rotatable bonds is 6. The summed E-state index contributed by atoms with van der Waals surface area (Å²) in [4.78, 5) is 16.1. The lowest BCUT2D eigenvalue weighted by molar-refractivity contribution is 0.0925. The Morgan fingerprint density at radius 1 is 1.15 bits per heavy atom. The Kier molecular flexibility index (Phi) is 6.01. The van der Waals surface area contributed by atoms with Crippen LogP contribution >= 0.6 is 11.7 Å². The highest BCUT2D eigenvalue weighted by atomic mass is 32.2. The number of hydrogen-bond acceptors (Lipinski definition) is 7. The van der Waals surface area contributed by atoms with E-state index in [2.05, 4.69) is 13.7 Å². The van der Waals surface area contributed by atoms with Crippen LogP contribution in [0.25, 0.3) is 21.9 Å². The molecule has 1 aliphatic rings. The van der Waals surface area contributed by atoms with Crippen molar-refractivity contribution < 1.29 is 13.2 Å². The smallest absolute Gasteiger partial charge is 0.252 e. The lowest BCUT2D eigenvalue weighted by atomic mass is 10.0. The Balaban J connectivity index is 1.61. The summed E-state index contributed by atoms with van der Waals surface area (Å²) < 4.78 is 43.7. The van der Waals surface area contributed by atoms with Crippen molar-refractivity contribution in [3.63, 3.8) is 0 Å². The number of aromatic nitrogens is 3. The van der Waals surface area contributed by atoms with E-state index in [-0.39, 0.29) is 29.6 Å². The number of aromatic amines is 1. The standard InChI is InChI=1S/C24H26N4O4S2/c1-14-6-8-17-11-18(24(29)25-21(17)16(14)3)12-28(13-19-5-4-10-32-19)34(30,31)23-15(2)7-9-20-22(23)27-33-26-20/h6-9,11,19H,4-5,10,12-13H2,1-3H3,(H,25,29)/t19-/m1/s1. The van der Waals surface area contributed by atoms with Crippen LogP contribution in [0.1, 0.15) is 35.1 Å². The molecule has 1 saturated heterocycles. The minimum absolute atomic E-state index is 0.0617. The van der Waals surface area contributed by atoms with E-state index in [0.29, 0.717) is 28.8 Å². The van der Waals surface area contributed by atoms with Gasteiger partial charge >= 0.3 is 0 Å². The van der Waals surface area contributed by atoms with E-state index in [4.69, 9.17) is 4.74 Å². The molecule has 2 aromatic heterocycles. The molecule has 0 radical (unpaired) electrons. The molecule has 0 spiro atoms. The van der Waals surface area contributed by atoms with Crippen molar-refractivity contribution in [3.8, 4) is 0 Å². The predicted molar refractivity (Wildman–Crippen MR) is 133 cm³/mol. The molecule has 0 aliphatic carbocycles. The van der Waals surface area contributed by atoms with E-state index in [0.717, 1.165) is 46.6 Å². The number of benzene rings is 2. The number of H-pyrrole nitrogens is 1. The minimum Gasteiger partial charge on any atom is -0.377 e. The molecule has 0 bridgehead atoms. The Morgan fingerprint density at radius 2 is 1.94 bits per heavy atom. The summed E-state index contributed by atoms with van der Waals surface area (Å²) >= 11 is 0.984. The van der Waals surface area contributed by atoms with Crippen LogP contribution in [0.5, 0.6) is 0 Å². The summed E-state index contributed by atoms with van der Waals surface area (Å²) in [5.74, 6) is 0. The molecule has 1 aliphatic heterocycles. The van der Waals surface area contributed by atoms with Crippen molar-refractivity contribution >= 4 is 43.7 Å². The zero-order valence-electron chi connectivity index (χ0n) is 19.3. The molecule has 8 nitrogen and oxygen atoms in total. The highest BCUT2D eigenvalue weighted by molar-refractivity contribution is 7.89. The zero-order chi connectivity index (χ0) is 24.0. The molecule has 1 N–H and O–H groups in total. The van der Waals surface area contributed by atoms with E-state index >= 15 is 0 Å². The molecule has 0 amide bonds. The van der Waals surface area contributed by atoms with Crippen molar-refractivity contribution in [3.05, 3.63) is 62.9 Å². The molecule has 178 valence electrons. The zero-order valence-corrected chi connectivity index (χ0v) is 20.9. The Bertz CT molecular complexity index is 1550. The summed E-state index contributed by atoms with van der Waals surface area (Å²) in [6.07, 6.45) is 1.45. The van der Waals surface area contributed by atoms with Gasteiger partial charge in [-0.15, -0.1) is 0 Å². The van der Waals surface area contributed by atoms with Crippen LogP contribution in [0.3, 0.4) is 0 Å². The van der Waals surface area contributed by atoms with Crippen LogP contribution in [0.15, 0.2) is 40.0 Å². The number of hydrogen-bond donors (Lipinski definition) is 1. The summed E-state index contributed by atoms with van der Waals surface area (Å²) in [6, 6.07) is 9.25. The second kappa shape index (κ2) is 8.84. The second-order valence-corrected chi connectivity index (χ2v) is 11.3. The van der Waals surface area contributed by atoms with Crippen molar-refractivity contribution in [2.24, 2.45) is 0 Å². The average Bonchev–Trinajstić information content (AvgIpc) is 3.48. The summed E-state index contributed by atoms with van der Waals surface area (Å²) in [7, 11) is -3.99. The van der Waals surface area contributed by atoms with Gasteiger partial charge in [0.2, 0.25) is 10.0 Å². The van der Waals surface area contributed by atoms with Gasteiger partial charge in [0.1, 0.15) is 15.9 Å². The number of fused-ring (bicyclic) bond motifs is 2. The quantitative estimate of drug-likeness (QED) is 0.433. The van der Waals surface area contributed by atoms with Gasteiger partial charge in [0.25, 0.3) is 5.56 Å². The Labute approximate surface area is 202 Å². The monoisotopic (exact) mass is 498 g/mol. The van der Waals surface area contributed by atoms with Gasteiger partial charge in [-0.05, 0) is 67.8 Å². The van der Waals surface area contributed by atoms with Gasteiger partial charge in [0.15, 0.2) is 0 Å². The molecular formula is C24H26N4O4S2. The highest BCUT2D eigenvalue weighted by Crippen LogP contribution is 2.30. The van der Waals surface area contributed by atoms with Crippen molar-refractivity contribution in [1.29, 1.82) is 0 Å². The van der Waals surface area contributed by atoms with E-state index < -0.39 is 10.0 Å². The van der Waals surface area contributed by atoms with Crippen LogP contribution in [0, 0.1) is 20.8 Å². The third kappa shape index (κ3) is 4.04. The molecule has 5 rings (SSSR count). The van der Waals surface area contributed by atoms with Gasteiger partial charge in [-0.3, -0.25) is 4.79 Å². The third-order valence-corrected chi connectivity index (χ3v) is 9.11. The molecule has 2 aromatic carbocycles. The average molecular weight is 499 g/mol. The maximum atomic E-state index is 14.0. The number of ether oxygens (including phenoxy) is 1. The highest BCUT2D eigenvalue weighted by Gasteiger charge is 2.33. The summed E-state index contributed by atoms with van der Waals surface area (Å²) in [5.41, 5.74) is 4.45. The molecule has 1 atom stereocenters. The Morgan fingerprint density at radius 3 is 2.71 bits per heavy atom. The van der Waals surface area contributed by atoms with Crippen molar-refractivity contribution in [2.45, 2.75) is 51.2 Å². The van der Waals surface area contributed by atoms with E-state index in [1.165, 1.54) is 4.31 Å². The first-order valence-corrected chi connectivity index (χ1v) is 13.4. The van der Waals surface area contributed by atoms with Crippen molar-refractivity contribution in [2.75, 3.05) is 13.2 Å². The number of sulfonamides is 1. The summed E-state index contributed by atoms with van der Waals surface area (Å²) in [6.45, 7) is 6.43. The Hall–Kier alpha value is -2.66. The number of nitrogens with zero attached hydrogens (tertiary/aromatic N) is 3. The van der Waals surface area contributed by atoms with Gasteiger partial charge in [0, 0.05) is 25.3 Å². The van der Waals surface area contributed by atoms with E-state index in [9.17, 15) is 13.2 Å². The molecule has 1 fully saturated rings. The predicted octanol–water partition coefficient (Wildman–Crippen LogP) is 3.83. The fourth-order valence-electron chi connectivity index (χ4n) is 4.52. The molecule has 34 heavy (non-hydrogen) atoms. The SMILES string of the molecule is Cc1ccc2nsnc2c1S(=O)(=O)N(Cc1cc2ccc(C)c(C)c2[nH]c1=O)C[C@H]1CCCO1. The van der Waals surface area contributed by atoms with Gasteiger partial charge in [0.05, 0.1) is 23.3 Å². The normalized spacial score (nSPS) is 16.8. The fraction of sp³-hybridized carbons (Fsp3) is 0.375. The lowest BCUT2D eigenvalue weighted by Gasteiger charge is -2.25. The first-order valence-electron chi connectivity index (χ1n) is 11.2. The maximum absolute atomic E-state index is 14.0. The first-order chi connectivity index (χ1) is 16.3. The molecule has 10 heteroatoms. The van der Waals surface area contributed by atoms with Crippen LogP contribution in [0.4, 0.5) is 0 Å². The van der Waals surface area contributed by atoms with E-state index in [1.807, 2.05) is 26.0 Å². The lowest BCUT2D eigenvalue weighted by Crippen LogP contribution is -2.38. The van der Waals surface area contributed by atoms with Crippen LogP contribution in [-0.2, 0) is 21.3 Å². The molecule has 0 unspecified atom stereocenters. The maximum Gasteiger partial charge on any atom is 0.252 e. The minimum atomic E-state index is -3.99. The van der Waals surface area contributed by atoms with E-state index in [1.54, 1.807) is 25.1 Å². The first kappa shape index (κ1) is 23.1. The third-order valence-electron chi connectivity index (χ3n) is 6.58. The second-order valence-electron chi connectivity index (χ2n) is 8.87. The van der Waals surface area contributed by atoms with Crippen molar-refractivity contribution in [1.82, 2.24) is 18.0 Å². The van der Waals surface area contributed by atoms with Gasteiger partial charge in [-0.1, -0.05) is 18.2 Å². The number of aryl methyl sites for hydroxylation is 3.